The van der Waals surface area contributed by atoms with Gasteiger partial charge in [-0.1, -0.05) is 30.3 Å². The van der Waals surface area contributed by atoms with E-state index in [2.05, 4.69) is 16.0 Å². The number of thiophene rings is 1. The highest BCUT2D eigenvalue weighted by Crippen LogP contribution is 2.36. The third-order valence-corrected chi connectivity index (χ3v) is 4.86. The van der Waals surface area contributed by atoms with Crippen molar-refractivity contribution in [1.29, 1.82) is 0 Å². The molecule has 2 amide bonds. The summed E-state index contributed by atoms with van der Waals surface area (Å²) in [5.74, 6) is -1.05. The lowest BCUT2D eigenvalue weighted by Gasteiger charge is -2.13. The van der Waals surface area contributed by atoms with Gasteiger partial charge in [0.15, 0.2) is 0 Å². The molecule has 0 aliphatic heterocycles. The minimum atomic E-state index is -0.611. The number of carbonyl (C=O) groups is 3. The van der Waals surface area contributed by atoms with Crippen LogP contribution in [0.25, 0.3) is 10.4 Å². The average molecular weight is 389 g/mol. The van der Waals surface area contributed by atoms with E-state index in [4.69, 9.17) is 4.74 Å². The number of esters is 1. The van der Waals surface area contributed by atoms with Crippen molar-refractivity contribution in [3.05, 3.63) is 42.0 Å². The first-order valence-corrected chi connectivity index (χ1v) is 9.39. The van der Waals surface area contributed by atoms with Gasteiger partial charge in [0, 0.05) is 11.9 Å². The predicted octanol–water partition coefficient (Wildman–Crippen LogP) is 2.25. The second kappa shape index (κ2) is 9.84. The molecule has 1 aromatic carbocycles. The lowest BCUT2D eigenvalue weighted by molar-refractivity contribution is -0.120. The molecule has 0 saturated heterocycles. The summed E-state index contributed by atoms with van der Waals surface area (Å²) in [6.07, 6.45) is 0. The molecule has 3 N–H and O–H groups in total. The normalized spacial score (nSPS) is 11.5. The summed E-state index contributed by atoms with van der Waals surface area (Å²) in [7, 11) is 1.52. The van der Waals surface area contributed by atoms with Gasteiger partial charge in [-0.25, -0.2) is 4.79 Å². The summed E-state index contributed by atoms with van der Waals surface area (Å²) < 4.78 is 5.10. The Hall–Kier alpha value is -2.71. The first-order chi connectivity index (χ1) is 13.0. The first-order valence-electron chi connectivity index (χ1n) is 8.57. The topological polar surface area (TPSA) is 96.5 Å². The lowest BCUT2D eigenvalue weighted by atomic mass is 10.1. The van der Waals surface area contributed by atoms with Gasteiger partial charge in [-0.05, 0) is 25.5 Å². The Morgan fingerprint density at radius 2 is 1.89 bits per heavy atom. The molecule has 2 rings (SSSR count). The van der Waals surface area contributed by atoms with Crippen LogP contribution < -0.4 is 16.0 Å². The minimum Gasteiger partial charge on any atom is -0.462 e. The fraction of sp³-hybridized carbons (Fsp3) is 0.316. The van der Waals surface area contributed by atoms with E-state index in [0.717, 1.165) is 10.4 Å². The smallest absolute Gasteiger partial charge is 0.341 e. The zero-order valence-corrected chi connectivity index (χ0v) is 16.3. The van der Waals surface area contributed by atoms with E-state index in [1.807, 2.05) is 30.3 Å². The fourth-order valence-corrected chi connectivity index (χ4v) is 3.29. The number of anilines is 1. The molecule has 0 spiro atoms. The fourth-order valence-electron chi connectivity index (χ4n) is 2.24. The van der Waals surface area contributed by atoms with Gasteiger partial charge >= 0.3 is 5.97 Å². The Bertz CT molecular complexity index is 805. The van der Waals surface area contributed by atoms with Crippen LogP contribution in [0.5, 0.6) is 0 Å². The maximum absolute atomic E-state index is 12.4. The van der Waals surface area contributed by atoms with Crippen LogP contribution in [0.2, 0.25) is 0 Å². The van der Waals surface area contributed by atoms with E-state index < -0.39 is 12.0 Å². The summed E-state index contributed by atoms with van der Waals surface area (Å²) >= 11 is 1.30. The SMILES string of the molecule is CCOC(=O)c1cc(-c2ccccc2)sc1NC(=O)[C@@H](C)NCC(=O)NC. The predicted molar refractivity (Wildman–Crippen MR) is 106 cm³/mol. The zero-order chi connectivity index (χ0) is 19.8. The molecule has 0 fully saturated rings. The van der Waals surface area contributed by atoms with Crippen molar-refractivity contribution in [3.63, 3.8) is 0 Å². The van der Waals surface area contributed by atoms with Crippen molar-refractivity contribution in [1.82, 2.24) is 10.6 Å². The zero-order valence-electron chi connectivity index (χ0n) is 15.5. The van der Waals surface area contributed by atoms with Gasteiger partial charge in [0.2, 0.25) is 11.8 Å². The molecular weight excluding hydrogens is 366 g/mol. The monoisotopic (exact) mass is 389 g/mol. The van der Waals surface area contributed by atoms with Gasteiger partial charge in [-0.15, -0.1) is 11.3 Å². The average Bonchev–Trinajstić information content (AvgIpc) is 3.10. The van der Waals surface area contributed by atoms with E-state index >= 15 is 0 Å². The Labute approximate surface area is 162 Å². The molecule has 8 heteroatoms. The van der Waals surface area contributed by atoms with E-state index in [0.29, 0.717) is 10.6 Å². The molecule has 0 aliphatic rings. The number of hydrogen-bond acceptors (Lipinski definition) is 6. The second-order valence-corrected chi connectivity index (χ2v) is 6.76. The van der Waals surface area contributed by atoms with Gasteiger partial charge in [-0.2, -0.15) is 0 Å². The number of ether oxygens (including phenoxy) is 1. The molecule has 1 heterocycles. The highest BCUT2D eigenvalue weighted by molar-refractivity contribution is 7.20. The second-order valence-electron chi connectivity index (χ2n) is 5.70. The Morgan fingerprint density at radius 1 is 1.19 bits per heavy atom. The maximum Gasteiger partial charge on any atom is 0.341 e. The summed E-state index contributed by atoms with van der Waals surface area (Å²) in [6, 6.07) is 10.7. The quantitative estimate of drug-likeness (QED) is 0.602. The van der Waals surface area contributed by atoms with E-state index in [9.17, 15) is 14.4 Å². The molecule has 7 nitrogen and oxygen atoms in total. The number of amides is 2. The van der Waals surface area contributed by atoms with Crippen LogP contribution in [0.1, 0.15) is 24.2 Å². The van der Waals surface area contributed by atoms with E-state index in [1.54, 1.807) is 19.9 Å². The van der Waals surface area contributed by atoms with Crippen molar-refractivity contribution >= 4 is 34.1 Å². The number of nitrogens with one attached hydrogen (secondary N) is 3. The largest absolute Gasteiger partial charge is 0.462 e. The van der Waals surface area contributed by atoms with Gasteiger partial charge in [0.1, 0.15) is 5.00 Å². The van der Waals surface area contributed by atoms with Crippen LogP contribution in [-0.4, -0.2) is 44.0 Å². The maximum atomic E-state index is 12.4. The van der Waals surface area contributed by atoms with Gasteiger partial charge in [0.05, 0.1) is 24.8 Å². The molecule has 0 aliphatic carbocycles. The highest BCUT2D eigenvalue weighted by Gasteiger charge is 2.22. The number of carbonyl (C=O) groups excluding carboxylic acids is 3. The summed E-state index contributed by atoms with van der Waals surface area (Å²) in [4.78, 5) is 36.9. The van der Waals surface area contributed by atoms with Crippen LogP contribution in [0, 0.1) is 0 Å². The third kappa shape index (κ3) is 5.63. The van der Waals surface area contributed by atoms with E-state index in [-0.39, 0.29) is 25.0 Å². The van der Waals surface area contributed by atoms with Gasteiger partial charge in [-0.3, -0.25) is 14.9 Å². The summed E-state index contributed by atoms with van der Waals surface area (Å²) in [6.45, 7) is 3.64. The van der Waals surface area contributed by atoms with Crippen molar-refractivity contribution in [2.75, 3.05) is 25.5 Å². The minimum absolute atomic E-state index is 0.0233. The van der Waals surface area contributed by atoms with Crippen molar-refractivity contribution < 1.29 is 19.1 Å². The molecule has 2 aromatic rings. The van der Waals surface area contributed by atoms with Crippen LogP contribution in [-0.2, 0) is 14.3 Å². The van der Waals surface area contributed by atoms with Gasteiger partial charge in [0.25, 0.3) is 0 Å². The Morgan fingerprint density at radius 3 is 2.52 bits per heavy atom. The molecule has 0 saturated carbocycles. The number of hydrogen-bond donors (Lipinski definition) is 3. The molecule has 0 bridgehead atoms. The molecule has 27 heavy (non-hydrogen) atoms. The molecule has 0 unspecified atom stereocenters. The van der Waals surface area contributed by atoms with Crippen LogP contribution in [0.3, 0.4) is 0 Å². The number of benzene rings is 1. The Balaban J connectivity index is 2.20. The van der Waals surface area contributed by atoms with Crippen LogP contribution in [0.4, 0.5) is 5.00 Å². The molecule has 1 aromatic heterocycles. The molecule has 144 valence electrons. The standard InChI is InChI=1S/C19H23N3O4S/c1-4-26-19(25)14-10-15(13-8-6-5-7-9-13)27-18(14)22-17(24)12(2)21-11-16(23)20-3/h5-10,12,21H,4,11H2,1-3H3,(H,20,23)(H,22,24)/t12-/m1/s1. The van der Waals surface area contributed by atoms with Crippen LogP contribution in [0.15, 0.2) is 36.4 Å². The molecular formula is C19H23N3O4S. The van der Waals surface area contributed by atoms with Crippen LogP contribution >= 0.6 is 11.3 Å². The van der Waals surface area contributed by atoms with Crippen molar-refractivity contribution in [3.8, 4) is 10.4 Å². The number of rotatable bonds is 8. The summed E-state index contributed by atoms with van der Waals surface area (Å²) in [5, 5.41) is 8.49. The number of likely N-dealkylation sites (N-methyl/N-ethyl adjacent to an activating group) is 1. The van der Waals surface area contributed by atoms with E-state index in [1.165, 1.54) is 18.4 Å². The van der Waals surface area contributed by atoms with Gasteiger partial charge < -0.3 is 15.4 Å². The molecule has 1 atom stereocenters. The molecule has 0 radical (unpaired) electrons. The summed E-state index contributed by atoms with van der Waals surface area (Å²) in [5.41, 5.74) is 1.26. The first kappa shape index (κ1) is 20.6. The highest BCUT2D eigenvalue weighted by atomic mass is 32.1. The van der Waals surface area contributed by atoms with Crippen molar-refractivity contribution in [2.24, 2.45) is 0 Å². The van der Waals surface area contributed by atoms with Crippen molar-refractivity contribution in [2.45, 2.75) is 19.9 Å². The lowest BCUT2D eigenvalue weighted by Crippen LogP contribution is -2.43. The third-order valence-electron chi connectivity index (χ3n) is 3.76. The Kier molecular flexibility index (Phi) is 7.51.